The van der Waals surface area contributed by atoms with Gasteiger partial charge in [0.2, 0.25) is 5.78 Å². The number of para-hydroxylation sites is 1. The molecule has 0 fully saturated rings. The van der Waals surface area contributed by atoms with Crippen molar-refractivity contribution in [3.63, 3.8) is 0 Å². The van der Waals surface area contributed by atoms with Gasteiger partial charge in [0, 0.05) is 16.5 Å². The Balaban J connectivity index is 2.05. The monoisotopic (exact) mass is 292 g/mol. The average Bonchev–Trinajstić information content (AvgIpc) is 2.94. The van der Waals surface area contributed by atoms with Gasteiger partial charge in [0.1, 0.15) is 0 Å². The molecule has 108 valence electrons. The van der Waals surface area contributed by atoms with Gasteiger partial charge < -0.3 is 9.15 Å². The van der Waals surface area contributed by atoms with E-state index in [1.807, 2.05) is 6.92 Å². The fourth-order valence-electron chi connectivity index (χ4n) is 2.88. The number of furan rings is 1. The number of ketones is 2. The van der Waals surface area contributed by atoms with Crippen molar-refractivity contribution in [1.29, 1.82) is 0 Å². The second kappa shape index (κ2) is 4.56. The molecule has 0 saturated carbocycles. The molecular weight excluding hydrogens is 280 g/mol. The molecule has 0 spiro atoms. The second-order valence-electron chi connectivity index (χ2n) is 5.08. The van der Waals surface area contributed by atoms with Gasteiger partial charge in [-0.2, -0.15) is 0 Å². The van der Waals surface area contributed by atoms with Crippen LogP contribution in [-0.4, -0.2) is 18.2 Å². The molecule has 2 aromatic carbocycles. The van der Waals surface area contributed by atoms with Gasteiger partial charge in [-0.15, -0.1) is 0 Å². The minimum absolute atomic E-state index is 0.103. The molecule has 4 heteroatoms. The summed E-state index contributed by atoms with van der Waals surface area (Å²) >= 11 is 0. The number of benzene rings is 2. The summed E-state index contributed by atoms with van der Waals surface area (Å²) in [6.07, 6.45) is 0. The van der Waals surface area contributed by atoms with E-state index in [4.69, 9.17) is 9.15 Å². The van der Waals surface area contributed by atoms with E-state index >= 15 is 0 Å². The van der Waals surface area contributed by atoms with Crippen LogP contribution in [0, 0.1) is 0 Å². The maximum absolute atomic E-state index is 12.7. The van der Waals surface area contributed by atoms with Crippen molar-refractivity contribution in [2.75, 3.05) is 6.61 Å². The Morgan fingerprint density at radius 2 is 1.68 bits per heavy atom. The van der Waals surface area contributed by atoms with Crippen LogP contribution in [0.2, 0.25) is 0 Å². The Labute approximate surface area is 126 Å². The van der Waals surface area contributed by atoms with Crippen molar-refractivity contribution in [3.8, 4) is 5.75 Å². The third-order valence-corrected chi connectivity index (χ3v) is 3.83. The fraction of sp³-hybridized carbons (Fsp3) is 0.111. The zero-order valence-corrected chi connectivity index (χ0v) is 11.9. The smallest absolute Gasteiger partial charge is 0.229 e. The summed E-state index contributed by atoms with van der Waals surface area (Å²) in [6, 6.07) is 12.1. The summed E-state index contributed by atoms with van der Waals surface area (Å²) < 4.78 is 11.2. The lowest BCUT2D eigenvalue weighted by molar-refractivity contribution is 0.0962. The highest BCUT2D eigenvalue weighted by Crippen LogP contribution is 2.38. The summed E-state index contributed by atoms with van der Waals surface area (Å²) in [7, 11) is 0. The molecule has 1 aliphatic carbocycles. The number of rotatable bonds is 2. The molecule has 22 heavy (non-hydrogen) atoms. The second-order valence-corrected chi connectivity index (χ2v) is 5.08. The first-order valence-electron chi connectivity index (χ1n) is 7.09. The van der Waals surface area contributed by atoms with Crippen LogP contribution in [0.15, 0.2) is 46.9 Å². The first-order valence-corrected chi connectivity index (χ1v) is 7.09. The topological polar surface area (TPSA) is 56.5 Å². The minimum atomic E-state index is -0.260. The van der Waals surface area contributed by atoms with Gasteiger partial charge in [-0.05, 0) is 13.0 Å². The molecule has 0 aliphatic heterocycles. The number of ether oxygens (including phenoxy) is 1. The molecule has 1 aliphatic rings. The molecule has 0 bridgehead atoms. The molecule has 0 radical (unpaired) electrons. The van der Waals surface area contributed by atoms with Gasteiger partial charge in [0.05, 0.1) is 12.2 Å². The van der Waals surface area contributed by atoms with Gasteiger partial charge >= 0.3 is 0 Å². The minimum Gasteiger partial charge on any atom is -0.490 e. The van der Waals surface area contributed by atoms with Crippen molar-refractivity contribution in [2.24, 2.45) is 0 Å². The van der Waals surface area contributed by atoms with E-state index in [0.29, 0.717) is 40.0 Å². The summed E-state index contributed by atoms with van der Waals surface area (Å²) in [5, 5.41) is 0.619. The van der Waals surface area contributed by atoms with Gasteiger partial charge in [-0.25, -0.2) is 0 Å². The Bertz CT molecular complexity index is 933. The Kier molecular flexibility index (Phi) is 2.66. The highest BCUT2D eigenvalue weighted by molar-refractivity contribution is 6.31. The first kappa shape index (κ1) is 12.8. The molecule has 1 heterocycles. The van der Waals surface area contributed by atoms with Crippen molar-refractivity contribution in [3.05, 3.63) is 64.9 Å². The molecule has 0 N–H and O–H groups in total. The van der Waals surface area contributed by atoms with Crippen LogP contribution in [-0.2, 0) is 0 Å². The highest BCUT2D eigenvalue weighted by atomic mass is 16.5. The van der Waals surface area contributed by atoms with Crippen LogP contribution in [0.5, 0.6) is 5.75 Å². The highest BCUT2D eigenvalue weighted by Gasteiger charge is 2.35. The largest absolute Gasteiger partial charge is 0.490 e. The standard InChI is InChI=1S/C18H12O4/c1-2-21-13-9-5-8-12-14-15(19)10-6-3-4-7-11(10)16(20)18(14)22-17(12)13/h3-9H,2H2,1H3. The SMILES string of the molecule is CCOc1cccc2c3c(oc12)C(=O)c1ccccc1C3=O. The summed E-state index contributed by atoms with van der Waals surface area (Å²) in [4.78, 5) is 25.4. The van der Waals surface area contributed by atoms with E-state index in [2.05, 4.69) is 0 Å². The zero-order chi connectivity index (χ0) is 15.3. The number of carbonyl (C=O) groups is 2. The Morgan fingerprint density at radius 3 is 2.41 bits per heavy atom. The summed E-state index contributed by atoms with van der Waals surface area (Å²) in [5.74, 6) is 0.200. The third kappa shape index (κ3) is 1.58. The summed E-state index contributed by atoms with van der Waals surface area (Å²) in [6.45, 7) is 2.35. The molecule has 0 saturated heterocycles. The van der Waals surface area contributed by atoms with Crippen LogP contribution < -0.4 is 4.74 Å². The quantitative estimate of drug-likeness (QED) is 0.566. The normalized spacial score (nSPS) is 13.1. The van der Waals surface area contributed by atoms with Gasteiger partial charge in [0.25, 0.3) is 0 Å². The van der Waals surface area contributed by atoms with Crippen molar-refractivity contribution >= 4 is 22.5 Å². The van der Waals surface area contributed by atoms with Crippen molar-refractivity contribution in [2.45, 2.75) is 6.92 Å². The van der Waals surface area contributed by atoms with Crippen LogP contribution >= 0.6 is 0 Å². The molecular formula is C18H12O4. The van der Waals surface area contributed by atoms with Crippen LogP contribution in [0.4, 0.5) is 0 Å². The number of fused-ring (bicyclic) bond motifs is 4. The maximum atomic E-state index is 12.7. The van der Waals surface area contributed by atoms with E-state index in [-0.39, 0.29) is 17.3 Å². The van der Waals surface area contributed by atoms with Gasteiger partial charge in [-0.1, -0.05) is 36.4 Å². The van der Waals surface area contributed by atoms with E-state index in [0.717, 1.165) is 0 Å². The molecule has 1 aromatic heterocycles. The van der Waals surface area contributed by atoms with Crippen LogP contribution in [0.3, 0.4) is 0 Å². The zero-order valence-electron chi connectivity index (χ0n) is 11.9. The predicted octanol–water partition coefficient (Wildman–Crippen LogP) is 3.61. The Morgan fingerprint density at radius 1 is 0.955 bits per heavy atom. The molecule has 0 atom stereocenters. The lowest BCUT2D eigenvalue weighted by Gasteiger charge is -2.12. The van der Waals surface area contributed by atoms with Crippen LogP contribution in [0.1, 0.15) is 39.0 Å². The number of hydrogen-bond acceptors (Lipinski definition) is 4. The average molecular weight is 292 g/mol. The van der Waals surface area contributed by atoms with E-state index in [9.17, 15) is 9.59 Å². The Hall–Kier alpha value is -2.88. The van der Waals surface area contributed by atoms with E-state index in [1.54, 1.807) is 42.5 Å². The third-order valence-electron chi connectivity index (χ3n) is 3.83. The maximum Gasteiger partial charge on any atom is 0.229 e. The fourth-order valence-corrected chi connectivity index (χ4v) is 2.88. The van der Waals surface area contributed by atoms with Gasteiger partial charge in [0.15, 0.2) is 22.9 Å². The lowest BCUT2D eigenvalue weighted by Crippen LogP contribution is -2.19. The lowest BCUT2D eigenvalue weighted by atomic mass is 9.87. The molecule has 0 amide bonds. The van der Waals surface area contributed by atoms with Gasteiger partial charge in [-0.3, -0.25) is 9.59 Å². The van der Waals surface area contributed by atoms with E-state index in [1.165, 1.54) is 0 Å². The molecule has 4 nitrogen and oxygen atoms in total. The predicted molar refractivity (Wildman–Crippen MR) is 80.7 cm³/mol. The van der Waals surface area contributed by atoms with Crippen molar-refractivity contribution in [1.82, 2.24) is 0 Å². The number of carbonyl (C=O) groups excluding carboxylic acids is 2. The van der Waals surface area contributed by atoms with Crippen molar-refractivity contribution < 1.29 is 18.7 Å². The summed E-state index contributed by atoms with van der Waals surface area (Å²) in [5.41, 5.74) is 1.59. The molecule has 3 aromatic rings. The van der Waals surface area contributed by atoms with E-state index < -0.39 is 0 Å². The molecule has 0 unspecified atom stereocenters. The first-order chi connectivity index (χ1) is 10.7. The number of hydrogen-bond donors (Lipinski definition) is 0. The van der Waals surface area contributed by atoms with Crippen LogP contribution in [0.25, 0.3) is 11.0 Å². The molecule has 4 rings (SSSR count).